The molecule has 1 aromatic rings. The molecule has 0 unspecified atom stereocenters. The van der Waals surface area contributed by atoms with Gasteiger partial charge in [-0.05, 0) is 23.4 Å². The first-order valence-electron chi connectivity index (χ1n) is 5.76. The molecular formula is C14H19NOS. The molecule has 0 aromatic heterocycles. The molecule has 2 nitrogen and oxygen atoms in total. The number of ether oxygens (including phenoxy) is 1. The molecule has 0 fully saturated rings. The number of hydrogen-bond donors (Lipinski definition) is 1. The van der Waals surface area contributed by atoms with E-state index in [0.29, 0.717) is 11.8 Å². The smallest absolute Gasteiger partial charge is 0.120 e. The summed E-state index contributed by atoms with van der Waals surface area (Å²) >= 11 is 1.90. The summed E-state index contributed by atoms with van der Waals surface area (Å²) in [5.74, 6) is 7.71. The molecule has 1 rings (SSSR count). The highest BCUT2D eigenvalue weighted by molar-refractivity contribution is 7.99. The normalized spacial score (nSPS) is 9.88. The van der Waals surface area contributed by atoms with E-state index in [9.17, 15) is 0 Å². The van der Waals surface area contributed by atoms with Gasteiger partial charge < -0.3 is 10.5 Å². The second-order valence-electron chi connectivity index (χ2n) is 3.80. The zero-order chi connectivity index (χ0) is 12.5. The monoisotopic (exact) mass is 249 g/mol. The van der Waals surface area contributed by atoms with E-state index in [1.54, 1.807) is 0 Å². The van der Waals surface area contributed by atoms with E-state index in [2.05, 4.69) is 25.7 Å². The molecule has 0 saturated carbocycles. The minimum Gasteiger partial charge on any atom is -0.493 e. The van der Waals surface area contributed by atoms with Crippen LogP contribution in [0.15, 0.2) is 24.3 Å². The third-order valence-electron chi connectivity index (χ3n) is 1.97. The molecular weight excluding hydrogens is 230 g/mol. The molecule has 0 aliphatic heterocycles. The van der Waals surface area contributed by atoms with Crippen molar-refractivity contribution in [2.24, 2.45) is 5.73 Å². The molecule has 0 atom stereocenters. The summed E-state index contributed by atoms with van der Waals surface area (Å²) < 4.78 is 5.66. The van der Waals surface area contributed by atoms with E-state index < -0.39 is 0 Å². The average Bonchev–Trinajstić information content (AvgIpc) is 2.32. The van der Waals surface area contributed by atoms with Crippen LogP contribution in [-0.2, 0) is 0 Å². The van der Waals surface area contributed by atoms with Crippen molar-refractivity contribution in [3.63, 3.8) is 0 Å². The van der Waals surface area contributed by atoms with Crippen molar-refractivity contribution in [1.82, 2.24) is 0 Å². The van der Waals surface area contributed by atoms with Gasteiger partial charge in [-0.1, -0.05) is 31.8 Å². The molecule has 0 amide bonds. The van der Waals surface area contributed by atoms with Gasteiger partial charge >= 0.3 is 0 Å². The summed E-state index contributed by atoms with van der Waals surface area (Å²) in [5, 5.41) is 0.653. The van der Waals surface area contributed by atoms with Crippen LogP contribution in [0.1, 0.15) is 19.4 Å². The van der Waals surface area contributed by atoms with Gasteiger partial charge in [-0.3, -0.25) is 0 Å². The van der Waals surface area contributed by atoms with Crippen molar-refractivity contribution < 1.29 is 4.74 Å². The van der Waals surface area contributed by atoms with Crippen molar-refractivity contribution in [3.05, 3.63) is 29.8 Å². The molecule has 2 N–H and O–H groups in total. The van der Waals surface area contributed by atoms with Gasteiger partial charge in [0, 0.05) is 11.3 Å². The van der Waals surface area contributed by atoms with Gasteiger partial charge in [-0.25, -0.2) is 0 Å². The second kappa shape index (κ2) is 8.05. The Hall–Kier alpha value is -1.11. The lowest BCUT2D eigenvalue weighted by Gasteiger charge is -2.07. The lowest BCUT2D eigenvalue weighted by molar-refractivity contribution is 0.344. The maximum atomic E-state index is 5.66. The fourth-order valence-corrected chi connectivity index (χ4v) is 1.91. The highest BCUT2D eigenvalue weighted by Crippen LogP contribution is 2.14. The molecule has 0 spiro atoms. The van der Waals surface area contributed by atoms with Gasteiger partial charge in [0.05, 0.1) is 13.2 Å². The van der Waals surface area contributed by atoms with Crippen LogP contribution >= 0.6 is 11.8 Å². The van der Waals surface area contributed by atoms with Crippen LogP contribution in [0.4, 0.5) is 0 Å². The standard InChI is InChI=1S/C14H19NOS/c1-12(2)17-10-9-16-14-7-3-5-13(11-14)6-4-8-15/h3,5,7,11-12H,8-10,15H2,1-2H3. The summed E-state index contributed by atoms with van der Waals surface area (Å²) in [5.41, 5.74) is 6.28. The summed E-state index contributed by atoms with van der Waals surface area (Å²) in [6.45, 7) is 5.49. The van der Waals surface area contributed by atoms with Gasteiger partial charge in [-0.15, -0.1) is 0 Å². The van der Waals surface area contributed by atoms with E-state index in [1.807, 2.05) is 36.0 Å². The highest BCUT2D eigenvalue weighted by Gasteiger charge is 1.97. The lowest BCUT2D eigenvalue weighted by atomic mass is 10.2. The van der Waals surface area contributed by atoms with E-state index in [0.717, 1.165) is 23.7 Å². The predicted octanol–water partition coefficient (Wildman–Crippen LogP) is 2.52. The van der Waals surface area contributed by atoms with E-state index in [1.165, 1.54) is 0 Å². The van der Waals surface area contributed by atoms with Crippen LogP contribution in [0, 0.1) is 11.8 Å². The fraction of sp³-hybridized carbons (Fsp3) is 0.429. The Labute approximate surface area is 108 Å². The van der Waals surface area contributed by atoms with Crippen LogP contribution in [-0.4, -0.2) is 24.2 Å². The number of rotatable bonds is 5. The molecule has 3 heteroatoms. The Kier molecular flexibility index (Phi) is 6.61. The zero-order valence-electron chi connectivity index (χ0n) is 10.4. The lowest BCUT2D eigenvalue weighted by Crippen LogP contribution is -2.02. The molecule has 0 heterocycles. The third-order valence-corrected chi connectivity index (χ3v) is 3.04. The first kappa shape index (κ1) is 14.0. The van der Waals surface area contributed by atoms with Gasteiger partial charge in [-0.2, -0.15) is 11.8 Å². The first-order valence-corrected chi connectivity index (χ1v) is 6.80. The Morgan fingerprint density at radius 2 is 2.24 bits per heavy atom. The largest absolute Gasteiger partial charge is 0.493 e. The van der Waals surface area contributed by atoms with Crippen molar-refractivity contribution in [2.75, 3.05) is 18.9 Å². The maximum Gasteiger partial charge on any atom is 0.120 e. The molecule has 0 bridgehead atoms. The van der Waals surface area contributed by atoms with E-state index >= 15 is 0 Å². The summed E-state index contributed by atoms with van der Waals surface area (Å²) in [7, 11) is 0. The average molecular weight is 249 g/mol. The Balaban J connectivity index is 2.43. The van der Waals surface area contributed by atoms with Crippen LogP contribution in [0.5, 0.6) is 5.75 Å². The zero-order valence-corrected chi connectivity index (χ0v) is 11.2. The SMILES string of the molecule is CC(C)SCCOc1cccc(C#CCN)c1. The number of benzene rings is 1. The predicted molar refractivity (Wildman–Crippen MR) is 75.5 cm³/mol. The number of hydrogen-bond acceptors (Lipinski definition) is 3. The molecule has 1 aromatic carbocycles. The van der Waals surface area contributed by atoms with Crippen molar-refractivity contribution in [1.29, 1.82) is 0 Å². The molecule has 0 aliphatic rings. The quantitative estimate of drug-likeness (QED) is 0.643. The molecule has 0 saturated heterocycles. The van der Waals surface area contributed by atoms with E-state index in [4.69, 9.17) is 10.5 Å². The van der Waals surface area contributed by atoms with Gasteiger partial charge in [0.2, 0.25) is 0 Å². The summed E-state index contributed by atoms with van der Waals surface area (Å²) in [4.78, 5) is 0. The van der Waals surface area contributed by atoms with Gasteiger partial charge in [0.1, 0.15) is 5.75 Å². The minimum absolute atomic E-state index is 0.385. The van der Waals surface area contributed by atoms with Crippen LogP contribution < -0.4 is 10.5 Å². The van der Waals surface area contributed by atoms with Gasteiger partial charge in [0.15, 0.2) is 0 Å². The van der Waals surface area contributed by atoms with Crippen molar-refractivity contribution in [2.45, 2.75) is 19.1 Å². The summed E-state index contributed by atoms with van der Waals surface area (Å²) in [6, 6.07) is 7.81. The fourth-order valence-electron chi connectivity index (χ4n) is 1.26. The Morgan fingerprint density at radius 1 is 1.41 bits per heavy atom. The molecule has 0 aliphatic carbocycles. The van der Waals surface area contributed by atoms with Gasteiger partial charge in [0.25, 0.3) is 0 Å². The Bertz CT molecular complexity index is 393. The highest BCUT2D eigenvalue weighted by atomic mass is 32.2. The van der Waals surface area contributed by atoms with Crippen molar-refractivity contribution in [3.8, 4) is 17.6 Å². The van der Waals surface area contributed by atoms with Crippen LogP contribution in [0.25, 0.3) is 0 Å². The number of nitrogens with two attached hydrogens (primary N) is 1. The van der Waals surface area contributed by atoms with Crippen molar-refractivity contribution >= 4 is 11.8 Å². The Morgan fingerprint density at radius 3 is 2.94 bits per heavy atom. The third kappa shape index (κ3) is 6.25. The second-order valence-corrected chi connectivity index (χ2v) is 5.49. The van der Waals surface area contributed by atoms with Crippen LogP contribution in [0.2, 0.25) is 0 Å². The van der Waals surface area contributed by atoms with E-state index in [-0.39, 0.29) is 0 Å². The topological polar surface area (TPSA) is 35.2 Å². The van der Waals surface area contributed by atoms with Crippen LogP contribution in [0.3, 0.4) is 0 Å². The minimum atomic E-state index is 0.385. The first-order chi connectivity index (χ1) is 8.22. The molecule has 17 heavy (non-hydrogen) atoms. The number of thioether (sulfide) groups is 1. The molecule has 92 valence electrons. The summed E-state index contributed by atoms with van der Waals surface area (Å²) in [6.07, 6.45) is 0. The molecule has 0 radical (unpaired) electrons. The maximum absolute atomic E-state index is 5.66.